The molecule has 1 aromatic heterocycles. The molecule has 2 aromatic rings. The number of carbonyl (C=O) groups is 1. The third-order valence-electron chi connectivity index (χ3n) is 7.39. The fourth-order valence-corrected chi connectivity index (χ4v) is 5.55. The molecule has 1 heterocycles. The smallest absolute Gasteiger partial charge is 0.253 e. The standard InChI is InChI=1S/C27H38N2O/c1-3-22-14-10-11-17-24(22)26-18-25(27(30)28-23-15-8-5-9-16-23)20(2)29(26)19-21-12-6-4-7-13-21/h10-11,14,17-18,21,23H,3-9,12-13,15-16,19H2,1-2H3,(H,28,30). The van der Waals surface area contributed by atoms with Crippen LogP contribution in [0.25, 0.3) is 11.3 Å². The van der Waals surface area contributed by atoms with E-state index in [0.29, 0.717) is 6.04 Å². The van der Waals surface area contributed by atoms with Gasteiger partial charge in [0.05, 0.1) is 5.56 Å². The number of aryl methyl sites for hydroxylation is 1. The van der Waals surface area contributed by atoms with E-state index in [2.05, 4.69) is 54.1 Å². The first-order chi connectivity index (χ1) is 14.7. The van der Waals surface area contributed by atoms with E-state index in [1.165, 1.54) is 68.2 Å². The van der Waals surface area contributed by atoms with E-state index in [1.54, 1.807) is 0 Å². The Balaban J connectivity index is 1.67. The highest BCUT2D eigenvalue weighted by Crippen LogP contribution is 2.33. The number of aromatic nitrogens is 1. The monoisotopic (exact) mass is 406 g/mol. The fourth-order valence-electron chi connectivity index (χ4n) is 5.55. The molecule has 162 valence electrons. The molecule has 3 heteroatoms. The van der Waals surface area contributed by atoms with Gasteiger partial charge in [0.25, 0.3) is 5.91 Å². The van der Waals surface area contributed by atoms with Crippen LogP contribution in [-0.2, 0) is 13.0 Å². The molecule has 2 saturated carbocycles. The second kappa shape index (κ2) is 9.85. The normalized spacial score (nSPS) is 18.5. The Hall–Kier alpha value is -2.03. The summed E-state index contributed by atoms with van der Waals surface area (Å²) in [5.74, 6) is 0.851. The van der Waals surface area contributed by atoms with Crippen LogP contribution in [0, 0.1) is 12.8 Å². The summed E-state index contributed by atoms with van der Waals surface area (Å²) in [5.41, 5.74) is 5.88. The van der Waals surface area contributed by atoms with Crippen LogP contribution in [-0.4, -0.2) is 16.5 Å². The Labute approximate surface area is 182 Å². The average Bonchev–Trinajstić information content (AvgIpc) is 3.11. The van der Waals surface area contributed by atoms with Crippen LogP contribution in [0.1, 0.15) is 92.7 Å². The van der Waals surface area contributed by atoms with Gasteiger partial charge in [0.1, 0.15) is 0 Å². The number of rotatable bonds is 6. The number of benzene rings is 1. The number of hydrogen-bond acceptors (Lipinski definition) is 1. The molecular formula is C27H38N2O. The Kier molecular flexibility index (Phi) is 6.97. The van der Waals surface area contributed by atoms with Crippen molar-refractivity contribution in [2.45, 2.75) is 97.1 Å². The minimum atomic E-state index is 0.122. The van der Waals surface area contributed by atoms with Gasteiger partial charge in [-0.2, -0.15) is 0 Å². The number of nitrogens with one attached hydrogen (secondary N) is 1. The van der Waals surface area contributed by atoms with Gasteiger partial charge in [-0.05, 0) is 56.6 Å². The third-order valence-corrected chi connectivity index (χ3v) is 7.39. The van der Waals surface area contributed by atoms with Gasteiger partial charge in [0.2, 0.25) is 0 Å². The molecule has 0 unspecified atom stereocenters. The number of hydrogen-bond donors (Lipinski definition) is 1. The van der Waals surface area contributed by atoms with Gasteiger partial charge in [-0.1, -0.05) is 69.7 Å². The summed E-state index contributed by atoms with van der Waals surface area (Å²) in [6.07, 6.45) is 13.7. The summed E-state index contributed by atoms with van der Waals surface area (Å²) in [7, 11) is 0. The lowest BCUT2D eigenvalue weighted by Gasteiger charge is -2.25. The predicted octanol–water partition coefficient (Wildman–Crippen LogP) is 6.67. The van der Waals surface area contributed by atoms with Crippen molar-refractivity contribution in [3.8, 4) is 11.3 Å². The van der Waals surface area contributed by atoms with Crippen molar-refractivity contribution >= 4 is 5.91 Å². The lowest BCUT2D eigenvalue weighted by molar-refractivity contribution is 0.0927. The van der Waals surface area contributed by atoms with Crippen molar-refractivity contribution in [1.82, 2.24) is 9.88 Å². The topological polar surface area (TPSA) is 34.0 Å². The van der Waals surface area contributed by atoms with Crippen LogP contribution in [0.5, 0.6) is 0 Å². The molecule has 2 fully saturated rings. The summed E-state index contributed by atoms with van der Waals surface area (Å²) in [6, 6.07) is 11.2. The quantitative estimate of drug-likeness (QED) is 0.571. The minimum Gasteiger partial charge on any atom is -0.349 e. The van der Waals surface area contributed by atoms with E-state index in [9.17, 15) is 4.79 Å². The van der Waals surface area contributed by atoms with Crippen LogP contribution in [0.2, 0.25) is 0 Å². The largest absolute Gasteiger partial charge is 0.349 e. The molecule has 30 heavy (non-hydrogen) atoms. The summed E-state index contributed by atoms with van der Waals surface area (Å²) < 4.78 is 2.46. The summed E-state index contributed by atoms with van der Waals surface area (Å²) >= 11 is 0. The van der Waals surface area contributed by atoms with Crippen molar-refractivity contribution in [2.75, 3.05) is 0 Å². The summed E-state index contributed by atoms with van der Waals surface area (Å²) in [6.45, 7) is 5.41. The second-order valence-corrected chi connectivity index (χ2v) is 9.46. The molecule has 3 nitrogen and oxygen atoms in total. The van der Waals surface area contributed by atoms with E-state index in [0.717, 1.165) is 43.0 Å². The Morgan fingerprint density at radius 1 is 1.00 bits per heavy atom. The molecule has 2 aliphatic carbocycles. The Morgan fingerprint density at radius 2 is 1.67 bits per heavy atom. The van der Waals surface area contributed by atoms with Crippen LogP contribution >= 0.6 is 0 Å². The molecular weight excluding hydrogens is 368 g/mol. The number of amides is 1. The average molecular weight is 407 g/mol. The van der Waals surface area contributed by atoms with Gasteiger partial charge in [0.15, 0.2) is 0 Å². The first kappa shape index (κ1) is 21.2. The van der Waals surface area contributed by atoms with Gasteiger partial charge < -0.3 is 9.88 Å². The van der Waals surface area contributed by atoms with Crippen molar-refractivity contribution in [1.29, 1.82) is 0 Å². The van der Waals surface area contributed by atoms with Crippen LogP contribution in [0.3, 0.4) is 0 Å². The molecule has 1 aromatic carbocycles. The minimum absolute atomic E-state index is 0.122. The molecule has 0 spiro atoms. The van der Waals surface area contributed by atoms with Gasteiger partial charge in [0, 0.05) is 29.5 Å². The Bertz CT molecular complexity index is 854. The highest BCUT2D eigenvalue weighted by molar-refractivity contribution is 5.97. The van der Waals surface area contributed by atoms with Gasteiger partial charge in [-0.3, -0.25) is 4.79 Å². The lowest BCUT2D eigenvalue weighted by atomic mass is 9.89. The van der Waals surface area contributed by atoms with Crippen molar-refractivity contribution < 1.29 is 4.79 Å². The van der Waals surface area contributed by atoms with Gasteiger partial charge in [-0.25, -0.2) is 0 Å². The maximum absolute atomic E-state index is 13.3. The SMILES string of the molecule is CCc1ccccc1-c1cc(C(=O)NC2CCCCC2)c(C)n1CC1CCCCC1. The van der Waals surface area contributed by atoms with Gasteiger partial charge in [-0.15, -0.1) is 0 Å². The van der Waals surface area contributed by atoms with Crippen LogP contribution < -0.4 is 5.32 Å². The number of carbonyl (C=O) groups excluding carboxylic acids is 1. The summed E-state index contributed by atoms with van der Waals surface area (Å²) in [5, 5.41) is 3.35. The highest BCUT2D eigenvalue weighted by atomic mass is 16.1. The molecule has 0 aliphatic heterocycles. The first-order valence-electron chi connectivity index (χ1n) is 12.3. The molecule has 2 aliphatic rings. The molecule has 0 bridgehead atoms. The molecule has 0 radical (unpaired) electrons. The lowest BCUT2D eigenvalue weighted by Crippen LogP contribution is -2.36. The summed E-state index contributed by atoms with van der Waals surface area (Å²) in [4.78, 5) is 13.3. The predicted molar refractivity (Wildman–Crippen MR) is 125 cm³/mol. The molecule has 0 saturated heterocycles. The maximum Gasteiger partial charge on any atom is 0.253 e. The Morgan fingerprint density at radius 3 is 2.37 bits per heavy atom. The molecule has 1 amide bonds. The van der Waals surface area contributed by atoms with E-state index in [4.69, 9.17) is 0 Å². The van der Waals surface area contributed by atoms with E-state index >= 15 is 0 Å². The van der Waals surface area contributed by atoms with Gasteiger partial charge >= 0.3 is 0 Å². The zero-order valence-corrected chi connectivity index (χ0v) is 18.9. The zero-order chi connectivity index (χ0) is 20.9. The maximum atomic E-state index is 13.3. The molecule has 4 rings (SSSR count). The second-order valence-electron chi connectivity index (χ2n) is 9.46. The number of nitrogens with zero attached hydrogens (tertiary/aromatic N) is 1. The first-order valence-corrected chi connectivity index (χ1v) is 12.3. The van der Waals surface area contributed by atoms with Crippen molar-refractivity contribution in [3.63, 3.8) is 0 Å². The van der Waals surface area contributed by atoms with Crippen molar-refractivity contribution in [3.05, 3.63) is 47.2 Å². The zero-order valence-electron chi connectivity index (χ0n) is 18.9. The van der Waals surface area contributed by atoms with Crippen molar-refractivity contribution in [2.24, 2.45) is 5.92 Å². The van der Waals surface area contributed by atoms with E-state index < -0.39 is 0 Å². The molecule has 1 N–H and O–H groups in total. The van der Waals surface area contributed by atoms with Crippen LogP contribution in [0.15, 0.2) is 30.3 Å². The van der Waals surface area contributed by atoms with E-state index in [1.807, 2.05) is 0 Å². The highest BCUT2D eigenvalue weighted by Gasteiger charge is 2.24. The third kappa shape index (κ3) is 4.66. The molecule has 0 atom stereocenters. The van der Waals surface area contributed by atoms with Crippen LogP contribution in [0.4, 0.5) is 0 Å². The fraction of sp³-hybridized carbons (Fsp3) is 0.593. The van der Waals surface area contributed by atoms with E-state index in [-0.39, 0.29) is 5.91 Å².